The summed E-state index contributed by atoms with van der Waals surface area (Å²) in [6, 6.07) is 3.18. The number of hydrogen-bond donors (Lipinski definition) is 0. The van der Waals surface area contributed by atoms with Crippen LogP contribution in [0.2, 0.25) is 5.02 Å². The average Bonchev–Trinajstić information content (AvgIpc) is 2.68. The molecule has 1 heterocycles. The Balaban J connectivity index is 2.11. The number of carbonyl (C=O) groups excluding carboxylic acids is 1. The third-order valence-electron chi connectivity index (χ3n) is 4.73. The van der Waals surface area contributed by atoms with Gasteiger partial charge in [0.2, 0.25) is 0 Å². The van der Waals surface area contributed by atoms with Crippen LogP contribution in [0.25, 0.3) is 0 Å². The maximum absolute atomic E-state index is 12.9. The van der Waals surface area contributed by atoms with Crippen LogP contribution in [-0.2, 0) is 10.2 Å². The van der Waals surface area contributed by atoms with Gasteiger partial charge in [0.15, 0.2) is 11.5 Å². The van der Waals surface area contributed by atoms with Gasteiger partial charge in [-0.3, -0.25) is 4.79 Å². The zero-order valence-corrected chi connectivity index (χ0v) is 19.2. The molecule has 0 bridgehead atoms. The number of halogens is 1. The standard InChI is InChI=1S/C19H30ClN3O5S/c1-14(2)6-11-28-18-16(20)12-15(13-17(18)27-5)19(24)22-7-9-23(10-8-22)29(25,26)21(3)4/h12-14H,6-11H2,1-5H3. The lowest BCUT2D eigenvalue weighted by molar-refractivity contribution is 0.0695. The first-order valence-electron chi connectivity index (χ1n) is 9.55. The Bertz CT molecular complexity index is 821. The van der Waals surface area contributed by atoms with Crippen LogP contribution >= 0.6 is 11.6 Å². The third kappa shape index (κ3) is 5.75. The smallest absolute Gasteiger partial charge is 0.281 e. The van der Waals surface area contributed by atoms with E-state index in [9.17, 15) is 13.2 Å². The third-order valence-corrected chi connectivity index (χ3v) is 6.95. The molecule has 0 atom stereocenters. The van der Waals surface area contributed by atoms with E-state index in [1.54, 1.807) is 17.0 Å². The molecule has 0 radical (unpaired) electrons. The molecule has 1 aliphatic heterocycles. The van der Waals surface area contributed by atoms with Crippen molar-refractivity contribution in [3.05, 3.63) is 22.7 Å². The van der Waals surface area contributed by atoms with Crippen LogP contribution < -0.4 is 9.47 Å². The van der Waals surface area contributed by atoms with Gasteiger partial charge in [-0.1, -0.05) is 25.4 Å². The Morgan fingerprint density at radius 1 is 1.21 bits per heavy atom. The fraction of sp³-hybridized carbons (Fsp3) is 0.632. The maximum atomic E-state index is 12.9. The van der Waals surface area contributed by atoms with E-state index in [0.29, 0.717) is 47.7 Å². The summed E-state index contributed by atoms with van der Waals surface area (Å²) in [5, 5.41) is 0.310. The number of methoxy groups -OCH3 is 1. The predicted molar refractivity (Wildman–Crippen MR) is 113 cm³/mol. The summed E-state index contributed by atoms with van der Waals surface area (Å²) < 4.78 is 38.1. The molecule has 0 spiro atoms. The van der Waals surface area contributed by atoms with Crippen molar-refractivity contribution >= 4 is 27.7 Å². The number of ether oxygens (including phenoxy) is 2. The van der Waals surface area contributed by atoms with Crippen molar-refractivity contribution in [3.8, 4) is 11.5 Å². The molecular weight excluding hydrogens is 418 g/mol. The van der Waals surface area contributed by atoms with Crippen molar-refractivity contribution < 1.29 is 22.7 Å². The second-order valence-corrected chi connectivity index (χ2v) is 10.1. The zero-order chi connectivity index (χ0) is 21.8. The van der Waals surface area contributed by atoms with E-state index in [1.165, 1.54) is 29.8 Å². The van der Waals surface area contributed by atoms with Crippen LogP contribution in [0, 0.1) is 5.92 Å². The van der Waals surface area contributed by atoms with Crippen LogP contribution in [0.1, 0.15) is 30.6 Å². The number of carbonyl (C=O) groups is 1. The SMILES string of the molecule is COc1cc(C(=O)N2CCN(S(=O)(=O)N(C)C)CC2)cc(Cl)c1OCCC(C)C. The first-order valence-corrected chi connectivity index (χ1v) is 11.3. The highest BCUT2D eigenvalue weighted by molar-refractivity contribution is 7.86. The highest BCUT2D eigenvalue weighted by Crippen LogP contribution is 2.37. The van der Waals surface area contributed by atoms with Crippen molar-refractivity contribution in [2.24, 2.45) is 5.92 Å². The molecule has 0 unspecified atom stereocenters. The maximum Gasteiger partial charge on any atom is 0.281 e. The Morgan fingerprint density at radius 2 is 1.83 bits per heavy atom. The van der Waals surface area contributed by atoms with Crippen LogP contribution in [0.5, 0.6) is 11.5 Å². The van der Waals surface area contributed by atoms with Crippen molar-refractivity contribution in [1.82, 2.24) is 13.5 Å². The van der Waals surface area contributed by atoms with Gasteiger partial charge in [-0.2, -0.15) is 17.0 Å². The fourth-order valence-corrected chi connectivity index (χ4v) is 4.27. The van der Waals surface area contributed by atoms with Crippen molar-refractivity contribution in [2.45, 2.75) is 20.3 Å². The Kier molecular flexibility index (Phi) is 8.16. The molecule has 8 nitrogen and oxygen atoms in total. The summed E-state index contributed by atoms with van der Waals surface area (Å²) in [6.45, 7) is 5.81. The topological polar surface area (TPSA) is 79.4 Å². The number of amides is 1. The van der Waals surface area contributed by atoms with Crippen LogP contribution in [0.4, 0.5) is 0 Å². The lowest BCUT2D eigenvalue weighted by Gasteiger charge is -2.35. The van der Waals surface area contributed by atoms with E-state index in [1.807, 2.05) is 0 Å². The monoisotopic (exact) mass is 447 g/mol. The first kappa shape index (κ1) is 23.7. The molecule has 0 aromatic heterocycles. The van der Waals surface area contributed by atoms with Gasteiger partial charge in [0.1, 0.15) is 0 Å². The van der Waals surface area contributed by atoms with E-state index in [0.717, 1.165) is 6.42 Å². The summed E-state index contributed by atoms with van der Waals surface area (Å²) in [5.41, 5.74) is 0.381. The van der Waals surface area contributed by atoms with E-state index < -0.39 is 10.2 Å². The number of rotatable bonds is 8. The molecule has 1 aromatic carbocycles. The predicted octanol–water partition coefficient (Wildman–Crippen LogP) is 2.34. The van der Waals surface area contributed by atoms with Crippen LogP contribution in [-0.4, -0.2) is 81.8 Å². The molecular formula is C19H30ClN3O5S. The number of nitrogens with zero attached hydrogens (tertiary/aromatic N) is 3. The van der Waals surface area contributed by atoms with Crippen molar-refractivity contribution in [1.29, 1.82) is 0 Å². The Labute approximate surface area is 178 Å². The number of piperazine rings is 1. The minimum atomic E-state index is -3.48. The molecule has 10 heteroatoms. The normalized spacial score (nSPS) is 15.8. The minimum Gasteiger partial charge on any atom is -0.493 e. The van der Waals surface area contributed by atoms with Gasteiger partial charge in [-0.15, -0.1) is 0 Å². The number of hydrogen-bond acceptors (Lipinski definition) is 5. The molecule has 1 amide bonds. The molecule has 2 rings (SSSR count). The average molecular weight is 448 g/mol. The second kappa shape index (κ2) is 9.97. The van der Waals surface area contributed by atoms with Gasteiger partial charge in [-0.05, 0) is 24.5 Å². The molecule has 164 valence electrons. The van der Waals surface area contributed by atoms with E-state index in [2.05, 4.69) is 13.8 Å². The molecule has 1 fully saturated rings. The summed E-state index contributed by atoms with van der Waals surface area (Å²) in [4.78, 5) is 14.5. The molecule has 1 saturated heterocycles. The molecule has 0 N–H and O–H groups in total. The zero-order valence-electron chi connectivity index (χ0n) is 17.6. The fourth-order valence-electron chi connectivity index (χ4n) is 2.92. The summed E-state index contributed by atoms with van der Waals surface area (Å²) in [7, 11) is 1.00. The molecule has 29 heavy (non-hydrogen) atoms. The number of benzene rings is 1. The van der Waals surface area contributed by atoms with Crippen molar-refractivity contribution in [3.63, 3.8) is 0 Å². The van der Waals surface area contributed by atoms with Crippen LogP contribution in [0.3, 0.4) is 0 Å². The highest BCUT2D eigenvalue weighted by atomic mass is 35.5. The van der Waals surface area contributed by atoms with Gasteiger partial charge in [0.05, 0.1) is 18.7 Å². The van der Waals surface area contributed by atoms with Crippen LogP contribution in [0.15, 0.2) is 12.1 Å². The Morgan fingerprint density at radius 3 is 2.34 bits per heavy atom. The van der Waals surface area contributed by atoms with Gasteiger partial charge >= 0.3 is 0 Å². The lowest BCUT2D eigenvalue weighted by atomic mass is 10.1. The van der Waals surface area contributed by atoms with E-state index in [4.69, 9.17) is 21.1 Å². The first-order chi connectivity index (χ1) is 13.6. The van der Waals surface area contributed by atoms with Gasteiger partial charge in [0, 0.05) is 45.8 Å². The Hall–Kier alpha value is -1.55. The lowest BCUT2D eigenvalue weighted by Crippen LogP contribution is -2.53. The minimum absolute atomic E-state index is 0.221. The van der Waals surface area contributed by atoms with Gasteiger partial charge in [-0.25, -0.2) is 0 Å². The largest absolute Gasteiger partial charge is 0.493 e. The summed E-state index contributed by atoms with van der Waals surface area (Å²) >= 11 is 6.36. The van der Waals surface area contributed by atoms with Gasteiger partial charge in [0.25, 0.3) is 16.1 Å². The summed E-state index contributed by atoms with van der Waals surface area (Å²) in [5.74, 6) is 1.10. The summed E-state index contributed by atoms with van der Waals surface area (Å²) in [6.07, 6.45) is 0.875. The molecule has 1 aromatic rings. The van der Waals surface area contributed by atoms with Gasteiger partial charge < -0.3 is 14.4 Å². The second-order valence-electron chi connectivity index (χ2n) is 7.50. The van der Waals surface area contributed by atoms with Crippen molar-refractivity contribution in [2.75, 3.05) is 54.0 Å². The highest BCUT2D eigenvalue weighted by Gasteiger charge is 2.31. The van der Waals surface area contributed by atoms with E-state index in [-0.39, 0.29) is 19.0 Å². The molecule has 1 aliphatic rings. The quantitative estimate of drug-likeness (QED) is 0.611. The molecule has 0 saturated carbocycles. The molecule has 0 aliphatic carbocycles. The van der Waals surface area contributed by atoms with E-state index >= 15 is 0 Å².